The first-order valence-corrected chi connectivity index (χ1v) is 3.79. The van der Waals surface area contributed by atoms with Gasteiger partial charge in [0.05, 0.1) is 7.11 Å². The fourth-order valence-corrected chi connectivity index (χ4v) is 0.821. The molecule has 12 heavy (non-hydrogen) atoms. The summed E-state index contributed by atoms with van der Waals surface area (Å²) in [6.07, 6.45) is 3.81. The smallest absolute Gasteiger partial charge is 0.111 e. The van der Waals surface area contributed by atoms with Crippen LogP contribution in [0.25, 0.3) is 6.08 Å². The minimum atomic E-state index is 0.666. The Labute approximate surface area is 73.0 Å². The third kappa shape index (κ3) is 2.62. The van der Waals surface area contributed by atoms with Crippen molar-refractivity contribution in [3.63, 3.8) is 0 Å². The third-order valence-corrected chi connectivity index (χ3v) is 1.52. The molecule has 0 amide bonds. The highest BCUT2D eigenvalue weighted by atomic mass is 16.5. The van der Waals surface area contributed by atoms with Gasteiger partial charge in [0.1, 0.15) is 5.76 Å². The van der Waals surface area contributed by atoms with E-state index < -0.39 is 0 Å². The lowest BCUT2D eigenvalue weighted by molar-refractivity contribution is 0.309. The predicted molar refractivity (Wildman–Crippen MR) is 51.6 cm³/mol. The fourth-order valence-electron chi connectivity index (χ4n) is 0.821. The van der Waals surface area contributed by atoms with Crippen molar-refractivity contribution in [1.29, 1.82) is 0 Å². The van der Waals surface area contributed by atoms with Crippen LogP contribution in [0.4, 0.5) is 0 Å². The topological polar surface area (TPSA) is 9.23 Å². The van der Waals surface area contributed by atoms with E-state index in [1.165, 1.54) is 0 Å². The highest BCUT2D eigenvalue weighted by Gasteiger charge is 1.84. The largest absolute Gasteiger partial charge is 0.497 e. The molecular weight excluding hydrogens is 148 g/mol. The van der Waals surface area contributed by atoms with Gasteiger partial charge in [0.25, 0.3) is 0 Å². The SMILES string of the molecule is C=C(/C=C\c1ccccc1)OC. The molecule has 1 heteroatoms. The van der Waals surface area contributed by atoms with E-state index in [2.05, 4.69) is 6.58 Å². The molecule has 0 radical (unpaired) electrons. The summed E-state index contributed by atoms with van der Waals surface area (Å²) in [7, 11) is 1.61. The zero-order valence-electron chi connectivity index (χ0n) is 7.16. The molecule has 0 aliphatic rings. The van der Waals surface area contributed by atoms with Crippen molar-refractivity contribution in [3.05, 3.63) is 54.3 Å². The van der Waals surface area contributed by atoms with Gasteiger partial charge in [-0.1, -0.05) is 43.0 Å². The van der Waals surface area contributed by atoms with Crippen LogP contribution >= 0.6 is 0 Å². The zero-order valence-corrected chi connectivity index (χ0v) is 7.16. The van der Waals surface area contributed by atoms with Crippen molar-refractivity contribution < 1.29 is 4.74 Å². The van der Waals surface area contributed by atoms with Gasteiger partial charge in [0, 0.05) is 0 Å². The van der Waals surface area contributed by atoms with Gasteiger partial charge in [-0.25, -0.2) is 0 Å². The second-order valence-electron chi connectivity index (χ2n) is 2.41. The monoisotopic (exact) mass is 160 g/mol. The number of allylic oxidation sites excluding steroid dienone is 1. The molecule has 1 nitrogen and oxygen atoms in total. The van der Waals surface area contributed by atoms with Crippen LogP contribution in [-0.4, -0.2) is 7.11 Å². The minimum absolute atomic E-state index is 0.666. The van der Waals surface area contributed by atoms with Crippen LogP contribution < -0.4 is 0 Å². The lowest BCUT2D eigenvalue weighted by atomic mass is 10.2. The Balaban J connectivity index is 2.64. The second-order valence-corrected chi connectivity index (χ2v) is 2.41. The van der Waals surface area contributed by atoms with Crippen LogP contribution in [0.3, 0.4) is 0 Å². The van der Waals surface area contributed by atoms with Crippen LogP contribution in [0.1, 0.15) is 5.56 Å². The first-order valence-electron chi connectivity index (χ1n) is 3.79. The van der Waals surface area contributed by atoms with Crippen molar-refractivity contribution >= 4 is 6.08 Å². The first-order chi connectivity index (χ1) is 5.83. The summed E-state index contributed by atoms with van der Waals surface area (Å²) in [6.45, 7) is 3.68. The normalized spacial score (nSPS) is 10.1. The van der Waals surface area contributed by atoms with Crippen molar-refractivity contribution in [2.75, 3.05) is 7.11 Å². The van der Waals surface area contributed by atoms with Gasteiger partial charge in [-0.05, 0) is 11.6 Å². The van der Waals surface area contributed by atoms with Gasteiger partial charge >= 0.3 is 0 Å². The summed E-state index contributed by atoms with van der Waals surface area (Å²) in [6, 6.07) is 10.0. The maximum Gasteiger partial charge on any atom is 0.111 e. The first kappa shape index (κ1) is 8.60. The standard InChI is InChI=1S/C11H12O/c1-10(12-2)8-9-11-6-4-3-5-7-11/h3-9H,1H2,2H3/b9-8-. The molecule has 0 heterocycles. The van der Waals surface area contributed by atoms with E-state index in [0.29, 0.717) is 5.76 Å². The molecule has 0 bridgehead atoms. The van der Waals surface area contributed by atoms with Gasteiger partial charge < -0.3 is 4.74 Å². The summed E-state index contributed by atoms with van der Waals surface area (Å²) in [4.78, 5) is 0. The van der Waals surface area contributed by atoms with Crippen molar-refractivity contribution in [3.8, 4) is 0 Å². The quantitative estimate of drug-likeness (QED) is 0.488. The molecule has 0 aliphatic heterocycles. The Morgan fingerprint density at radius 3 is 2.58 bits per heavy atom. The average molecular weight is 160 g/mol. The van der Waals surface area contributed by atoms with Crippen LogP contribution in [0, 0.1) is 0 Å². The molecule has 0 atom stereocenters. The van der Waals surface area contributed by atoms with E-state index in [4.69, 9.17) is 4.74 Å². The van der Waals surface area contributed by atoms with Crippen LogP contribution in [-0.2, 0) is 4.74 Å². The number of hydrogen-bond acceptors (Lipinski definition) is 1. The van der Waals surface area contributed by atoms with E-state index in [1.54, 1.807) is 7.11 Å². The zero-order chi connectivity index (χ0) is 8.81. The maximum absolute atomic E-state index is 4.89. The van der Waals surface area contributed by atoms with Gasteiger partial charge in [-0.3, -0.25) is 0 Å². The molecular formula is C11H12O. The van der Waals surface area contributed by atoms with E-state index >= 15 is 0 Å². The molecule has 0 saturated heterocycles. The molecule has 1 aromatic rings. The second kappa shape index (κ2) is 4.39. The Kier molecular flexibility index (Phi) is 3.15. The highest BCUT2D eigenvalue weighted by Crippen LogP contribution is 2.03. The van der Waals surface area contributed by atoms with Gasteiger partial charge in [-0.15, -0.1) is 0 Å². The van der Waals surface area contributed by atoms with E-state index in [1.807, 2.05) is 42.5 Å². The summed E-state index contributed by atoms with van der Waals surface area (Å²) < 4.78 is 4.89. The van der Waals surface area contributed by atoms with Crippen LogP contribution in [0.5, 0.6) is 0 Å². The average Bonchev–Trinajstić information content (AvgIpc) is 2.16. The molecule has 0 aromatic heterocycles. The maximum atomic E-state index is 4.89. The van der Waals surface area contributed by atoms with E-state index in [0.717, 1.165) is 5.56 Å². The minimum Gasteiger partial charge on any atom is -0.497 e. The lowest BCUT2D eigenvalue weighted by Gasteiger charge is -1.95. The number of hydrogen-bond donors (Lipinski definition) is 0. The molecule has 0 fully saturated rings. The number of methoxy groups -OCH3 is 1. The van der Waals surface area contributed by atoms with Gasteiger partial charge in [-0.2, -0.15) is 0 Å². The Morgan fingerprint density at radius 2 is 2.00 bits per heavy atom. The Hall–Kier alpha value is -1.50. The molecule has 1 aromatic carbocycles. The number of ether oxygens (including phenoxy) is 1. The highest BCUT2D eigenvalue weighted by molar-refractivity contribution is 5.51. The Morgan fingerprint density at radius 1 is 1.33 bits per heavy atom. The molecule has 0 spiro atoms. The molecule has 0 saturated carbocycles. The van der Waals surface area contributed by atoms with Gasteiger partial charge in [0.2, 0.25) is 0 Å². The lowest BCUT2D eigenvalue weighted by Crippen LogP contribution is -1.76. The van der Waals surface area contributed by atoms with Crippen LogP contribution in [0.15, 0.2) is 48.7 Å². The van der Waals surface area contributed by atoms with Crippen molar-refractivity contribution in [2.45, 2.75) is 0 Å². The number of benzene rings is 1. The summed E-state index contributed by atoms with van der Waals surface area (Å²) in [5, 5.41) is 0. The molecule has 1 rings (SSSR count). The summed E-state index contributed by atoms with van der Waals surface area (Å²) >= 11 is 0. The van der Waals surface area contributed by atoms with Crippen molar-refractivity contribution in [1.82, 2.24) is 0 Å². The molecule has 0 aliphatic carbocycles. The molecule has 0 N–H and O–H groups in total. The van der Waals surface area contributed by atoms with Crippen molar-refractivity contribution in [2.24, 2.45) is 0 Å². The molecule has 62 valence electrons. The third-order valence-electron chi connectivity index (χ3n) is 1.52. The summed E-state index contributed by atoms with van der Waals surface area (Å²) in [5.41, 5.74) is 1.15. The van der Waals surface area contributed by atoms with Crippen LogP contribution in [0.2, 0.25) is 0 Å². The number of rotatable bonds is 3. The summed E-state index contributed by atoms with van der Waals surface area (Å²) in [5.74, 6) is 0.666. The Bertz CT molecular complexity index is 272. The fraction of sp³-hybridized carbons (Fsp3) is 0.0909. The molecule has 0 unspecified atom stereocenters. The van der Waals surface area contributed by atoms with Gasteiger partial charge in [0.15, 0.2) is 0 Å². The predicted octanol–water partition coefficient (Wildman–Crippen LogP) is 2.86. The van der Waals surface area contributed by atoms with E-state index in [-0.39, 0.29) is 0 Å². The van der Waals surface area contributed by atoms with E-state index in [9.17, 15) is 0 Å².